The second kappa shape index (κ2) is 22.8. The number of aromatic nitrogens is 4. The number of pyridine rings is 4. The topological polar surface area (TPSA) is 129 Å². The molecule has 4 aliphatic heterocycles. The first-order chi connectivity index (χ1) is 28.4. The van der Waals surface area contributed by atoms with Gasteiger partial charge in [0.15, 0.2) is 23.7 Å². The number of aryl methyl sites for hydroxylation is 4. The number of anilines is 4. The smallest absolute Gasteiger partial charge is 0.352 e. The van der Waals surface area contributed by atoms with E-state index >= 15 is 0 Å². The highest BCUT2D eigenvalue weighted by molar-refractivity contribution is 5.56. The van der Waals surface area contributed by atoms with E-state index in [4.69, 9.17) is 0 Å². The molecule has 0 aromatic carbocycles. The van der Waals surface area contributed by atoms with E-state index in [0.29, 0.717) is 0 Å². The van der Waals surface area contributed by atoms with Crippen LogP contribution in [0.3, 0.4) is 0 Å². The summed E-state index contributed by atoms with van der Waals surface area (Å²) in [4.78, 5) is 9.54. The van der Waals surface area contributed by atoms with Crippen LogP contribution >= 0.6 is 0 Å². The van der Waals surface area contributed by atoms with Gasteiger partial charge in [-0.05, 0) is 73.7 Å². The van der Waals surface area contributed by atoms with Crippen molar-refractivity contribution < 1.29 is 33.9 Å². The Morgan fingerprint density at radius 2 is 0.783 bits per heavy atom. The third-order valence-electron chi connectivity index (χ3n) is 11.2. The Bertz CT molecular complexity index is 2100. The predicted molar refractivity (Wildman–Crippen MR) is 229 cm³/mol. The summed E-state index contributed by atoms with van der Waals surface area (Å²) in [5.41, 5.74) is 6.37. The molecule has 0 unspecified atom stereocenters. The molecule has 0 N–H and O–H groups in total. The lowest BCUT2D eigenvalue weighted by Crippen LogP contribution is -3.00. The number of rotatable bonds is 10. The van der Waals surface area contributed by atoms with Crippen molar-refractivity contribution in [3.8, 4) is 0 Å². The molecule has 4 fully saturated rings. The van der Waals surface area contributed by atoms with E-state index in [9.17, 15) is 0 Å². The Balaban J connectivity index is 0.000000220. The van der Waals surface area contributed by atoms with E-state index in [-0.39, 0.29) is 24.8 Å². The summed E-state index contributed by atoms with van der Waals surface area (Å²) in [5, 5.41) is 33.6. The lowest BCUT2D eigenvalue weighted by molar-refractivity contribution is -0.658. The molecule has 4 saturated heterocycles. The van der Waals surface area contributed by atoms with E-state index in [1.165, 1.54) is 86.8 Å². The summed E-state index contributed by atoms with van der Waals surface area (Å²) in [6.07, 6.45) is 20.9. The third-order valence-corrected chi connectivity index (χ3v) is 11.2. The van der Waals surface area contributed by atoms with Crippen LogP contribution in [0, 0.1) is 0 Å². The third kappa shape index (κ3) is 12.3. The molecule has 8 heterocycles. The summed E-state index contributed by atoms with van der Waals surface area (Å²) in [5.74, 6) is 1.59. The van der Waals surface area contributed by atoms with Gasteiger partial charge in [-0.2, -0.15) is 0 Å². The summed E-state index contributed by atoms with van der Waals surface area (Å²) in [6, 6.07) is 16.8. The van der Waals surface area contributed by atoms with Gasteiger partial charge in [0, 0.05) is 126 Å². The molecule has 18 heteroatoms. The zero-order valence-electron chi connectivity index (χ0n) is 35.3. The van der Waals surface area contributed by atoms with Crippen molar-refractivity contribution in [1.82, 2.24) is 9.13 Å². The number of nitrogens with zero attached hydrogens (tertiary/aromatic N) is 16. The molecule has 0 aliphatic carbocycles. The van der Waals surface area contributed by atoms with Crippen LogP contribution in [0.1, 0.15) is 51.4 Å². The van der Waals surface area contributed by atoms with Crippen LogP contribution in [0.2, 0.25) is 0 Å². The Labute approximate surface area is 365 Å². The minimum atomic E-state index is 0. The highest BCUT2D eigenvalue weighted by Gasteiger charge is 2.18. The normalized spacial score (nSPS) is 17.5. The second-order valence-electron chi connectivity index (χ2n) is 15.3. The number of halogens is 2. The lowest BCUT2D eigenvalue weighted by atomic mass is 10.3. The van der Waals surface area contributed by atoms with Crippen molar-refractivity contribution >= 4 is 47.1 Å². The van der Waals surface area contributed by atoms with Crippen molar-refractivity contribution in [3.63, 3.8) is 0 Å². The van der Waals surface area contributed by atoms with Gasteiger partial charge in [-0.1, -0.05) is 0 Å². The molecule has 320 valence electrons. The Morgan fingerprint density at radius 1 is 0.467 bits per heavy atom. The van der Waals surface area contributed by atoms with E-state index in [1.807, 2.05) is 71.2 Å². The maximum absolute atomic E-state index is 4.31. The molecule has 8 rings (SSSR count). The van der Waals surface area contributed by atoms with Crippen molar-refractivity contribution in [2.45, 2.75) is 51.4 Å². The Morgan fingerprint density at radius 3 is 1.12 bits per heavy atom. The van der Waals surface area contributed by atoms with Crippen LogP contribution < -0.4 is 64.5 Å². The Hall–Kier alpha value is -5.48. The fraction of sp³-hybridized carbons (Fsp3) is 0.476. The van der Waals surface area contributed by atoms with E-state index < -0.39 is 0 Å². The summed E-state index contributed by atoms with van der Waals surface area (Å²) in [6.45, 7) is 8.87. The van der Waals surface area contributed by atoms with E-state index in [2.05, 4.69) is 109 Å². The fourth-order valence-electron chi connectivity index (χ4n) is 7.66. The van der Waals surface area contributed by atoms with Gasteiger partial charge in [0.2, 0.25) is 0 Å². The van der Waals surface area contributed by atoms with Gasteiger partial charge in [-0.25, -0.2) is 9.13 Å². The van der Waals surface area contributed by atoms with E-state index in [0.717, 1.165) is 75.0 Å². The first kappa shape index (κ1) is 45.6. The fourth-order valence-corrected chi connectivity index (χ4v) is 7.66. The largest absolute Gasteiger partial charge is 1.00 e. The van der Waals surface area contributed by atoms with E-state index in [1.54, 1.807) is 0 Å². The molecule has 0 bridgehead atoms. The lowest BCUT2D eigenvalue weighted by Gasteiger charge is -2.17. The average Bonchev–Trinajstić information content (AvgIpc) is 4.10. The number of azo groups is 2. The first-order valence-corrected chi connectivity index (χ1v) is 20.7. The minimum Gasteiger partial charge on any atom is -1.00 e. The SMILES string of the molecule is Cn1ccc(N2CCCC2)cc1=NN=CN=Nc1cc(N2CCCC2)cc[n+]1C.Cn1ccc(N2CCCC2)cc1=NN=CN=Nc1cc(N2CCCC2)cc[n+]1C.[Cl-].[Cl-]. The molecule has 0 spiro atoms. The molecule has 0 atom stereocenters. The zero-order valence-corrected chi connectivity index (χ0v) is 36.8. The Kier molecular flexibility index (Phi) is 17.3. The summed E-state index contributed by atoms with van der Waals surface area (Å²) >= 11 is 0. The monoisotopic (exact) mass is 856 g/mol. The van der Waals surface area contributed by atoms with Gasteiger partial charge in [0.1, 0.15) is 0 Å². The van der Waals surface area contributed by atoms with Crippen LogP contribution in [-0.4, -0.2) is 74.2 Å². The predicted octanol–water partition coefficient (Wildman–Crippen LogP) is -0.636. The van der Waals surface area contributed by atoms with Gasteiger partial charge < -0.3 is 53.5 Å². The highest BCUT2D eigenvalue weighted by atomic mass is 35.5. The highest BCUT2D eigenvalue weighted by Crippen LogP contribution is 2.24. The van der Waals surface area contributed by atoms with Crippen molar-refractivity contribution in [2.75, 3.05) is 72.0 Å². The quantitative estimate of drug-likeness (QED) is 0.0692. The van der Waals surface area contributed by atoms with Crippen LogP contribution in [-0.2, 0) is 28.2 Å². The van der Waals surface area contributed by atoms with Crippen LogP contribution in [0.15, 0.2) is 114 Å². The van der Waals surface area contributed by atoms with Crippen molar-refractivity contribution in [3.05, 3.63) is 84.3 Å². The van der Waals surface area contributed by atoms with Gasteiger partial charge >= 0.3 is 11.6 Å². The molecule has 60 heavy (non-hydrogen) atoms. The van der Waals surface area contributed by atoms with Crippen molar-refractivity contribution in [1.29, 1.82) is 0 Å². The molecule has 0 amide bonds. The molecule has 4 aliphatic rings. The van der Waals surface area contributed by atoms with Gasteiger partial charge in [-0.15, -0.1) is 20.4 Å². The molecule has 16 nitrogen and oxygen atoms in total. The molecular weight excluding hydrogens is 799 g/mol. The molecule has 0 saturated carbocycles. The maximum Gasteiger partial charge on any atom is 0.352 e. The first-order valence-electron chi connectivity index (χ1n) is 20.7. The molecule has 4 aromatic heterocycles. The van der Waals surface area contributed by atoms with Gasteiger partial charge in [0.25, 0.3) is 0 Å². The van der Waals surface area contributed by atoms with Crippen LogP contribution in [0.4, 0.5) is 34.4 Å². The van der Waals surface area contributed by atoms with Crippen molar-refractivity contribution in [2.24, 2.45) is 69.1 Å². The zero-order chi connectivity index (χ0) is 40.1. The average molecular weight is 858 g/mol. The minimum absolute atomic E-state index is 0. The number of hydrogen-bond donors (Lipinski definition) is 0. The van der Waals surface area contributed by atoms with Gasteiger partial charge in [0.05, 0.1) is 48.9 Å². The maximum atomic E-state index is 4.31. The second-order valence-corrected chi connectivity index (χ2v) is 15.3. The van der Waals surface area contributed by atoms with Gasteiger partial charge in [-0.3, -0.25) is 0 Å². The van der Waals surface area contributed by atoms with Crippen LogP contribution in [0.25, 0.3) is 0 Å². The number of hydrogen-bond acceptors (Lipinski definition) is 10. The molecule has 4 aromatic rings. The van der Waals surface area contributed by atoms with Crippen LogP contribution in [0.5, 0.6) is 0 Å². The summed E-state index contributed by atoms with van der Waals surface area (Å²) in [7, 11) is 7.86. The summed E-state index contributed by atoms with van der Waals surface area (Å²) < 4.78 is 7.81. The molecule has 0 radical (unpaired) electrons. The standard InChI is InChI=1S/2C21H29N8.2ClH/c2*1-26-13-7-18(28-9-3-4-10-28)15-20(26)24-22-17-23-25-21-16-19(8-14-27(21)2)29-11-5-6-12-29;;/h2*7-8,13-17H,3-6,9-12H2,1-2H3;2*1H/q2*+1;;/p-2. The molecular formula is C42H58Cl2N16.